The first-order chi connectivity index (χ1) is 10.5. The third-order valence-electron chi connectivity index (χ3n) is 3.12. The van der Waals surface area contributed by atoms with Gasteiger partial charge in [-0.1, -0.05) is 24.2 Å². The summed E-state index contributed by atoms with van der Waals surface area (Å²) >= 11 is 0. The number of aliphatic carboxylic acids is 1. The van der Waals surface area contributed by atoms with Crippen LogP contribution in [0.3, 0.4) is 0 Å². The third kappa shape index (κ3) is 5.72. The number of carbonyl (C=O) groups is 2. The van der Waals surface area contributed by atoms with Crippen molar-refractivity contribution in [2.75, 3.05) is 0 Å². The molecule has 0 aliphatic carbocycles. The molecule has 1 rings (SSSR count). The minimum Gasteiger partial charge on any atom is -0.508 e. The number of carboxylic acid groups (broad SMARTS) is 1. The molecule has 0 saturated heterocycles. The summed E-state index contributed by atoms with van der Waals surface area (Å²) in [4.78, 5) is 25.7. The highest BCUT2D eigenvalue weighted by molar-refractivity contribution is 5.84. The number of carboxylic acids is 1. The molecule has 0 aliphatic rings. The van der Waals surface area contributed by atoms with Crippen molar-refractivity contribution in [2.24, 2.45) is 5.11 Å². The van der Waals surface area contributed by atoms with E-state index in [4.69, 9.17) is 5.53 Å². The van der Waals surface area contributed by atoms with Gasteiger partial charge >= 0.3 is 5.97 Å². The van der Waals surface area contributed by atoms with Crippen LogP contribution in [0.4, 0.5) is 0 Å². The Morgan fingerprint density at radius 2 is 2.00 bits per heavy atom. The number of benzene rings is 1. The molecule has 1 amide bonds. The number of amides is 1. The highest BCUT2D eigenvalue weighted by Gasteiger charge is 2.21. The fourth-order valence-corrected chi connectivity index (χ4v) is 1.87. The van der Waals surface area contributed by atoms with E-state index in [0.29, 0.717) is 12.0 Å². The van der Waals surface area contributed by atoms with Crippen LogP contribution in [-0.4, -0.2) is 34.2 Å². The summed E-state index contributed by atoms with van der Waals surface area (Å²) in [5, 5.41) is 24.3. The molecule has 0 saturated carbocycles. The number of hydrogen-bond acceptors (Lipinski definition) is 4. The molecule has 0 heterocycles. The van der Waals surface area contributed by atoms with Gasteiger partial charge in [0, 0.05) is 23.8 Å². The predicted octanol–water partition coefficient (Wildman–Crippen LogP) is 1.98. The quantitative estimate of drug-likeness (QED) is 0.384. The lowest BCUT2D eigenvalue weighted by Crippen LogP contribution is -2.43. The van der Waals surface area contributed by atoms with Crippen molar-refractivity contribution < 1.29 is 19.8 Å². The summed E-state index contributed by atoms with van der Waals surface area (Å²) < 4.78 is 0. The minimum absolute atomic E-state index is 0.0556. The SMILES string of the molecule is CCC(CC(=O)N[C@@H](Cc1ccc(O)cc1)C(=O)O)N=[N+]=[N-]. The van der Waals surface area contributed by atoms with E-state index >= 15 is 0 Å². The van der Waals surface area contributed by atoms with E-state index in [1.54, 1.807) is 19.1 Å². The molecular weight excluding hydrogens is 288 g/mol. The molecule has 2 atom stereocenters. The van der Waals surface area contributed by atoms with E-state index in [2.05, 4.69) is 15.3 Å². The van der Waals surface area contributed by atoms with E-state index in [1.165, 1.54) is 12.1 Å². The fourth-order valence-electron chi connectivity index (χ4n) is 1.87. The standard InChI is InChI=1S/C14H18N4O4/c1-2-10(17-18-15)8-13(20)16-12(14(21)22)7-9-3-5-11(19)6-4-9/h3-6,10,12,19H,2,7-8H2,1H3,(H,16,20)(H,21,22)/t10?,12-/m0/s1. The lowest BCUT2D eigenvalue weighted by molar-refractivity contribution is -0.141. The van der Waals surface area contributed by atoms with E-state index in [1.807, 2.05) is 0 Å². The number of hydrogen-bond donors (Lipinski definition) is 3. The Kier molecular flexibility index (Phi) is 6.72. The maximum absolute atomic E-state index is 11.8. The van der Waals surface area contributed by atoms with Crippen LogP contribution >= 0.6 is 0 Å². The van der Waals surface area contributed by atoms with Crippen LogP contribution in [0.2, 0.25) is 0 Å². The molecule has 0 bridgehead atoms. The summed E-state index contributed by atoms with van der Waals surface area (Å²) in [5.74, 6) is -1.55. The van der Waals surface area contributed by atoms with Gasteiger partial charge in [-0.15, -0.1) is 0 Å². The lowest BCUT2D eigenvalue weighted by Gasteiger charge is -2.16. The average Bonchev–Trinajstić information content (AvgIpc) is 2.48. The maximum atomic E-state index is 11.8. The van der Waals surface area contributed by atoms with Crippen molar-refractivity contribution in [1.29, 1.82) is 0 Å². The molecule has 0 fully saturated rings. The first-order valence-corrected chi connectivity index (χ1v) is 6.80. The number of aromatic hydroxyl groups is 1. The Balaban J connectivity index is 2.67. The van der Waals surface area contributed by atoms with Crippen molar-refractivity contribution in [3.8, 4) is 5.75 Å². The zero-order valence-corrected chi connectivity index (χ0v) is 12.1. The highest BCUT2D eigenvalue weighted by atomic mass is 16.4. The van der Waals surface area contributed by atoms with Gasteiger partial charge in [-0.3, -0.25) is 4.79 Å². The van der Waals surface area contributed by atoms with Gasteiger partial charge in [0.15, 0.2) is 0 Å². The topological polar surface area (TPSA) is 135 Å². The number of nitrogens with zero attached hydrogens (tertiary/aromatic N) is 3. The second kappa shape index (κ2) is 8.53. The molecule has 3 N–H and O–H groups in total. The van der Waals surface area contributed by atoms with Crippen LogP contribution in [0.15, 0.2) is 29.4 Å². The molecule has 8 heteroatoms. The maximum Gasteiger partial charge on any atom is 0.326 e. The van der Waals surface area contributed by atoms with Crippen LogP contribution in [0.1, 0.15) is 25.3 Å². The Labute approximate surface area is 127 Å². The molecule has 22 heavy (non-hydrogen) atoms. The molecule has 1 aromatic rings. The Bertz CT molecular complexity index is 567. The van der Waals surface area contributed by atoms with Gasteiger partial charge in [0.25, 0.3) is 0 Å². The van der Waals surface area contributed by atoms with Gasteiger partial charge in [0.2, 0.25) is 5.91 Å². The monoisotopic (exact) mass is 306 g/mol. The number of phenols is 1. The molecule has 0 radical (unpaired) electrons. The number of rotatable bonds is 8. The van der Waals surface area contributed by atoms with Crippen molar-refractivity contribution in [1.82, 2.24) is 5.32 Å². The normalized spacial score (nSPS) is 12.8. The molecular formula is C14H18N4O4. The molecule has 8 nitrogen and oxygen atoms in total. The highest BCUT2D eigenvalue weighted by Crippen LogP contribution is 2.12. The Hall–Kier alpha value is -2.73. The molecule has 118 valence electrons. The first kappa shape index (κ1) is 17.3. The average molecular weight is 306 g/mol. The fraction of sp³-hybridized carbons (Fsp3) is 0.429. The molecule has 1 unspecified atom stereocenters. The third-order valence-corrected chi connectivity index (χ3v) is 3.12. The van der Waals surface area contributed by atoms with E-state index in [0.717, 1.165) is 0 Å². The van der Waals surface area contributed by atoms with E-state index in [9.17, 15) is 19.8 Å². The van der Waals surface area contributed by atoms with Gasteiger partial charge in [0.05, 0.1) is 0 Å². The van der Waals surface area contributed by atoms with Gasteiger partial charge < -0.3 is 15.5 Å². The predicted molar refractivity (Wildman–Crippen MR) is 79.2 cm³/mol. The summed E-state index contributed by atoms with van der Waals surface area (Å²) in [5.41, 5.74) is 9.05. The summed E-state index contributed by atoms with van der Waals surface area (Å²) in [6.07, 6.45) is 0.534. The van der Waals surface area contributed by atoms with Crippen LogP contribution < -0.4 is 5.32 Å². The summed E-state index contributed by atoms with van der Waals surface area (Å²) in [7, 11) is 0. The Morgan fingerprint density at radius 3 is 2.50 bits per heavy atom. The lowest BCUT2D eigenvalue weighted by atomic mass is 10.0. The molecule has 0 spiro atoms. The number of nitrogens with one attached hydrogen (secondary N) is 1. The number of azide groups is 1. The largest absolute Gasteiger partial charge is 0.508 e. The number of phenolic OH excluding ortho intramolecular Hbond substituents is 1. The zero-order valence-electron chi connectivity index (χ0n) is 12.1. The van der Waals surface area contributed by atoms with Crippen LogP contribution in [0.25, 0.3) is 10.4 Å². The number of carbonyl (C=O) groups excluding carboxylic acids is 1. The van der Waals surface area contributed by atoms with Crippen molar-refractivity contribution in [3.63, 3.8) is 0 Å². The van der Waals surface area contributed by atoms with Crippen molar-refractivity contribution >= 4 is 11.9 Å². The second-order valence-corrected chi connectivity index (χ2v) is 4.80. The van der Waals surface area contributed by atoms with E-state index < -0.39 is 24.0 Å². The zero-order chi connectivity index (χ0) is 16.5. The van der Waals surface area contributed by atoms with Crippen LogP contribution in [0.5, 0.6) is 5.75 Å². The van der Waals surface area contributed by atoms with Gasteiger partial charge in [-0.05, 0) is 29.6 Å². The van der Waals surface area contributed by atoms with Crippen LogP contribution in [-0.2, 0) is 16.0 Å². The van der Waals surface area contributed by atoms with E-state index in [-0.39, 0.29) is 18.6 Å². The molecule has 0 aliphatic heterocycles. The van der Waals surface area contributed by atoms with Crippen LogP contribution in [0, 0.1) is 0 Å². The molecule has 0 aromatic heterocycles. The van der Waals surface area contributed by atoms with Gasteiger partial charge in [-0.25, -0.2) is 4.79 Å². The first-order valence-electron chi connectivity index (χ1n) is 6.80. The Morgan fingerprint density at radius 1 is 1.36 bits per heavy atom. The van der Waals surface area contributed by atoms with Gasteiger partial charge in [0.1, 0.15) is 11.8 Å². The summed E-state index contributed by atoms with van der Waals surface area (Å²) in [6, 6.07) is 4.50. The second-order valence-electron chi connectivity index (χ2n) is 4.80. The summed E-state index contributed by atoms with van der Waals surface area (Å²) in [6.45, 7) is 1.78. The minimum atomic E-state index is -1.15. The van der Waals surface area contributed by atoms with Crippen molar-refractivity contribution in [2.45, 2.75) is 38.3 Å². The van der Waals surface area contributed by atoms with Gasteiger partial charge in [-0.2, -0.15) is 0 Å². The molecule has 1 aromatic carbocycles. The van der Waals surface area contributed by atoms with Crippen molar-refractivity contribution in [3.05, 3.63) is 40.3 Å². The smallest absolute Gasteiger partial charge is 0.326 e.